The lowest BCUT2D eigenvalue weighted by Gasteiger charge is -2.26. The molecular formula is C43H34N4. The van der Waals surface area contributed by atoms with Crippen molar-refractivity contribution in [3.05, 3.63) is 182 Å². The van der Waals surface area contributed by atoms with Crippen molar-refractivity contribution in [2.24, 2.45) is 5.10 Å². The van der Waals surface area contributed by atoms with Crippen LogP contribution in [0.15, 0.2) is 181 Å². The van der Waals surface area contributed by atoms with Crippen molar-refractivity contribution in [2.45, 2.75) is 6.92 Å². The van der Waals surface area contributed by atoms with Gasteiger partial charge >= 0.3 is 0 Å². The highest BCUT2D eigenvalue weighted by Crippen LogP contribution is 2.36. The predicted molar refractivity (Wildman–Crippen MR) is 199 cm³/mol. The summed E-state index contributed by atoms with van der Waals surface area (Å²) in [5, 5.41) is 12.4. The Morgan fingerprint density at radius 3 is 1.36 bits per heavy atom. The van der Waals surface area contributed by atoms with Crippen molar-refractivity contribution in [3.8, 4) is 33.4 Å². The first-order valence-electron chi connectivity index (χ1n) is 15.7. The number of allylic oxidation sites excluding steroid dienone is 4. The van der Waals surface area contributed by atoms with Gasteiger partial charge in [0.15, 0.2) is 0 Å². The molecule has 0 heterocycles. The largest absolute Gasteiger partial charge is 0.311 e. The molecule has 0 unspecified atom stereocenters. The minimum atomic E-state index is 0.384. The van der Waals surface area contributed by atoms with E-state index in [-0.39, 0.29) is 0 Å². The third-order valence-electron chi connectivity index (χ3n) is 8.30. The van der Waals surface area contributed by atoms with Crippen molar-refractivity contribution in [2.75, 3.05) is 10.3 Å². The molecule has 6 aromatic rings. The summed E-state index contributed by atoms with van der Waals surface area (Å²) < 4.78 is 0. The molecule has 0 saturated carbocycles. The zero-order valence-corrected chi connectivity index (χ0v) is 26.1. The summed E-state index contributed by atoms with van der Waals surface area (Å²) in [6.07, 6.45) is 7.27. The highest BCUT2D eigenvalue weighted by atomic mass is 15.3. The SMILES string of the molecule is Cc1ccc(-c2ccc(-c3ccc(-c4ccc(N(c5ccccc5)c5ccc(N/N=C6/C=CC=CC6=N)cc5)cc4)cc3)cc2)cc1. The zero-order valence-electron chi connectivity index (χ0n) is 26.1. The van der Waals surface area contributed by atoms with Gasteiger partial charge in [0.05, 0.1) is 11.4 Å². The molecule has 4 nitrogen and oxygen atoms in total. The molecule has 0 saturated heterocycles. The number of anilines is 4. The number of hydrogen-bond donors (Lipinski definition) is 2. The Morgan fingerprint density at radius 2 is 0.872 bits per heavy atom. The highest BCUT2D eigenvalue weighted by Gasteiger charge is 2.13. The molecule has 6 aromatic carbocycles. The van der Waals surface area contributed by atoms with Crippen LogP contribution < -0.4 is 10.3 Å². The van der Waals surface area contributed by atoms with E-state index in [1.165, 1.54) is 38.9 Å². The molecule has 0 atom stereocenters. The fraction of sp³-hybridized carbons (Fsp3) is 0.0233. The number of nitrogens with one attached hydrogen (secondary N) is 2. The van der Waals surface area contributed by atoms with Gasteiger partial charge in [0, 0.05) is 17.1 Å². The maximum absolute atomic E-state index is 8.03. The van der Waals surface area contributed by atoms with E-state index in [0.29, 0.717) is 11.4 Å². The maximum Gasteiger partial charge on any atom is 0.108 e. The minimum absolute atomic E-state index is 0.384. The molecule has 0 bridgehead atoms. The number of benzene rings is 6. The summed E-state index contributed by atoms with van der Waals surface area (Å²) >= 11 is 0. The summed E-state index contributed by atoms with van der Waals surface area (Å²) in [4.78, 5) is 2.24. The summed E-state index contributed by atoms with van der Waals surface area (Å²) in [6.45, 7) is 2.11. The molecule has 47 heavy (non-hydrogen) atoms. The Kier molecular flexibility index (Phi) is 8.39. The van der Waals surface area contributed by atoms with Crippen molar-refractivity contribution in [3.63, 3.8) is 0 Å². The second-order valence-electron chi connectivity index (χ2n) is 11.5. The van der Waals surface area contributed by atoms with Gasteiger partial charge in [0.1, 0.15) is 5.71 Å². The summed E-state index contributed by atoms with van der Waals surface area (Å²) in [5.41, 5.74) is 16.6. The monoisotopic (exact) mass is 606 g/mol. The van der Waals surface area contributed by atoms with Crippen molar-refractivity contribution >= 4 is 34.2 Å². The number of hydrogen-bond acceptors (Lipinski definition) is 4. The third-order valence-corrected chi connectivity index (χ3v) is 8.30. The maximum atomic E-state index is 8.03. The van der Waals surface area contributed by atoms with Crippen LogP contribution in [0.5, 0.6) is 0 Å². The number of para-hydroxylation sites is 1. The van der Waals surface area contributed by atoms with E-state index < -0.39 is 0 Å². The van der Waals surface area contributed by atoms with E-state index in [2.05, 4.69) is 156 Å². The number of hydrazone groups is 1. The average molecular weight is 607 g/mol. The number of aryl methyl sites for hydroxylation is 1. The lowest BCUT2D eigenvalue weighted by Crippen LogP contribution is -2.12. The van der Waals surface area contributed by atoms with Gasteiger partial charge in [-0.3, -0.25) is 10.8 Å². The van der Waals surface area contributed by atoms with Crippen LogP contribution in [0.25, 0.3) is 33.4 Å². The molecule has 0 aromatic heterocycles. The number of nitrogens with zero attached hydrogens (tertiary/aromatic N) is 2. The molecule has 0 fully saturated rings. The molecule has 4 heteroatoms. The normalized spacial score (nSPS) is 13.1. The second-order valence-corrected chi connectivity index (χ2v) is 11.5. The Hall–Kier alpha value is -6.26. The molecule has 0 aliphatic heterocycles. The second kappa shape index (κ2) is 13.4. The summed E-state index contributed by atoms with van der Waals surface area (Å²) in [5.74, 6) is 0. The molecular weight excluding hydrogens is 573 g/mol. The zero-order chi connectivity index (χ0) is 32.0. The lowest BCUT2D eigenvalue weighted by atomic mass is 9.97. The van der Waals surface area contributed by atoms with Gasteiger partial charge in [-0.15, -0.1) is 0 Å². The molecule has 0 amide bonds. The smallest absolute Gasteiger partial charge is 0.108 e. The average Bonchev–Trinajstić information content (AvgIpc) is 3.13. The molecule has 0 spiro atoms. The van der Waals surface area contributed by atoms with Crippen LogP contribution in [-0.4, -0.2) is 11.4 Å². The van der Waals surface area contributed by atoms with Crippen LogP contribution in [-0.2, 0) is 0 Å². The van der Waals surface area contributed by atoms with Gasteiger partial charge in [0.25, 0.3) is 0 Å². The highest BCUT2D eigenvalue weighted by molar-refractivity contribution is 6.50. The first-order valence-corrected chi connectivity index (χ1v) is 15.7. The van der Waals surface area contributed by atoms with Gasteiger partial charge in [-0.05, 0) is 101 Å². The molecule has 2 N–H and O–H groups in total. The van der Waals surface area contributed by atoms with Crippen molar-refractivity contribution in [1.29, 1.82) is 5.41 Å². The van der Waals surface area contributed by atoms with E-state index in [0.717, 1.165) is 22.7 Å². The predicted octanol–water partition coefficient (Wildman–Crippen LogP) is 11.4. The molecule has 0 radical (unpaired) electrons. The van der Waals surface area contributed by atoms with E-state index in [1.807, 2.05) is 36.4 Å². The molecule has 7 rings (SSSR count). The van der Waals surface area contributed by atoms with Crippen LogP contribution in [0.4, 0.5) is 22.7 Å². The van der Waals surface area contributed by atoms with Crippen molar-refractivity contribution < 1.29 is 0 Å². The van der Waals surface area contributed by atoms with Crippen LogP contribution in [0, 0.1) is 12.3 Å². The van der Waals surface area contributed by atoms with E-state index in [4.69, 9.17) is 5.41 Å². The van der Waals surface area contributed by atoms with E-state index in [1.54, 1.807) is 6.08 Å². The first-order chi connectivity index (χ1) is 23.1. The van der Waals surface area contributed by atoms with Crippen LogP contribution >= 0.6 is 0 Å². The van der Waals surface area contributed by atoms with Crippen LogP contribution in [0.2, 0.25) is 0 Å². The standard InChI is InChI=1S/C43H34N4/c1-31-11-13-32(14-12-31)33-15-17-34(18-16-33)35-19-21-36(22-20-35)37-23-27-40(28-24-37)47(39-7-3-2-4-8-39)41-29-25-38(26-30-41)45-46-43-10-6-5-9-42(43)44/h2-30,44-45H,1H3/b44-42?,46-43-. The third kappa shape index (κ3) is 6.73. The van der Waals surface area contributed by atoms with E-state index >= 15 is 0 Å². The van der Waals surface area contributed by atoms with E-state index in [9.17, 15) is 0 Å². The summed E-state index contributed by atoms with van der Waals surface area (Å²) in [7, 11) is 0. The first kappa shape index (κ1) is 29.5. The lowest BCUT2D eigenvalue weighted by molar-refractivity contribution is 1.27. The van der Waals surface area contributed by atoms with Gasteiger partial charge in [0.2, 0.25) is 0 Å². The van der Waals surface area contributed by atoms with Gasteiger partial charge in [-0.1, -0.05) is 121 Å². The fourth-order valence-corrected chi connectivity index (χ4v) is 5.66. The quantitative estimate of drug-likeness (QED) is 0.134. The topological polar surface area (TPSA) is 51.5 Å². The minimum Gasteiger partial charge on any atom is -0.311 e. The van der Waals surface area contributed by atoms with Gasteiger partial charge in [-0.25, -0.2) is 0 Å². The Morgan fingerprint density at radius 1 is 0.468 bits per heavy atom. The van der Waals surface area contributed by atoms with Gasteiger partial charge < -0.3 is 4.90 Å². The Bertz CT molecular complexity index is 2070. The number of rotatable bonds is 8. The fourth-order valence-electron chi connectivity index (χ4n) is 5.66. The van der Waals surface area contributed by atoms with Crippen molar-refractivity contribution in [1.82, 2.24) is 0 Å². The Labute approximate surface area is 276 Å². The molecule has 226 valence electrons. The van der Waals surface area contributed by atoms with Crippen LogP contribution in [0.3, 0.4) is 0 Å². The van der Waals surface area contributed by atoms with Crippen LogP contribution in [0.1, 0.15) is 5.56 Å². The molecule has 1 aliphatic rings. The molecule has 1 aliphatic carbocycles. The van der Waals surface area contributed by atoms with Gasteiger partial charge in [-0.2, -0.15) is 5.10 Å². The Balaban J connectivity index is 1.09. The summed E-state index contributed by atoms with van der Waals surface area (Å²) in [6, 6.07) is 53.5.